The molecular weight excluding hydrogens is 406 g/mol. The minimum absolute atomic E-state index is 0.00568. The fraction of sp³-hybridized carbons (Fsp3) is 0.353. The monoisotopic (exact) mass is 423 g/mol. The molecule has 0 saturated heterocycles. The van der Waals surface area contributed by atoms with Crippen LogP contribution in [0.2, 0.25) is 5.02 Å². The van der Waals surface area contributed by atoms with Gasteiger partial charge in [0.25, 0.3) is 11.6 Å². The van der Waals surface area contributed by atoms with Crippen molar-refractivity contribution >= 4 is 45.7 Å². The lowest BCUT2D eigenvalue weighted by Crippen LogP contribution is -2.35. The molecule has 0 spiro atoms. The summed E-state index contributed by atoms with van der Waals surface area (Å²) < 4.78 is 0. The van der Waals surface area contributed by atoms with Gasteiger partial charge in [0.15, 0.2) is 5.13 Å². The molecule has 28 heavy (non-hydrogen) atoms. The fourth-order valence-electron chi connectivity index (χ4n) is 2.79. The summed E-state index contributed by atoms with van der Waals surface area (Å²) in [6, 6.07) is 3.69. The first kappa shape index (κ1) is 20.0. The normalized spacial score (nSPS) is 13.2. The average Bonchev–Trinajstić information content (AvgIpc) is 3.01. The number of rotatable bonds is 4. The molecule has 0 aliphatic carbocycles. The molecule has 1 aromatic heterocycles. The first-order valence-electron chi connectivity index (χ1n) is 8.54. The van der Waals surface area contributed by atoms with Crippen molar-refractivity contribution in [1.29, 1.82) is 0 Å². The Kier molecular flexibility index (Phi) is 5.80. The van der Waals surface area contributed by atoms with Crippen LogP contribution in [-0.4, -0.2) is 39.3 Å². The van der Waals surface area contributed by atoms with Gasteiger partial charge < -0.3 is 10.2 Å². The quantitative estimate of drug-likeness (QED) is 0.577. The number of nitrogens with zero attached hydrogens (tertiary/aromatic N) is 3. The Bertz CT molecular complexity index is 946. The number of anilines is 1. The zero-order chi connectivity index (χ0) is 20.4. The molecule has 1 aromatic carbocycles. The van der Waals surface area contributed by atoms with Crippen LogP contribution in [0.4, 0.5) is 15.6 Å². The summed E-state index contributed by atoms with van der Waals surface area (Å²) in [6.45, 7) is 4.48. The molecule has 2 N–H and O–H groups in total. The smallest absolute Gasteiger partial charge is 0.321 e. The molecule has 1 aliphatic heterocycles. The number of nitrogens with one attached hydrogen (secondary N) is 2. The largest absolute Gasteiger partial charge is 0.336 e. The molecule has 0 fully saturated rings. The maximum atomic E-state index is 12.8. The molecule has 2 aromatic rings. The molecule has 2 heterocycles. The van der Waals surface area contributed by atoms with Crippen molar-refractivity contribution in [3.8, 4) is 0 Å². The van der Waals surface area contributed by atoms with Gasteiger partial charge in [0.05, 0.1) is 17.2 Å². The molecule has 0 radical (unpaired) electrons. The van der Waals surface area contributed by atoms with Crippen molar-refractivity contribution in [2.75, 3.05) is 11.9 Å². The number of halogens is 1. The van der Waals surface area contributed by atoms with Crippen LogP contribution in [0.5, 0.6) is 0 Å². The Labute approximate surface area is 169 Å². The molecule has 0 bridgehead atoms. The van der Waals surface area contributed by atoms with Crippen LogP contribution in [0.1, 0.15) is 34.8 Å². The molecule has 0 saturated carbocycles. The molecule has 3 rings (SSSR count). The summed E-state index contributed by atoms with van der Waals surface area (Å²) in [5.41, 5.74) is 0.750. The third-order valence-corrected chi connectivity index (χ3v) is 5.37. The zero-order valence-corrected chi connectivity index (χ0v) is 16.8. The number of carbonyl (C=O) groups is 2. The Morgan fingerprint density at radius 2 is 2.14 bits per heavy atom. The molecule has 11 heteroatoms. The van der Waals surface area contributed by atoms with Gasteiger partial charge in [-0.1, -0.05) is 22.9 Å². The second-order valence-electron chi connectivity index (χ2n) is 6.54. The number of thiazole rings is 1. The lowest BCUT2D eigenvalue weighted by Gasteiger charge is -2.26. The SMILES string of the molecule is CC(C)NC(=O)Nc1nc2c(s1)CN(C(=O)c1ccc(Cl)c([N+](=O)[O-])c1)CC2. The summed E-state index contributed by atoms with van der Waals surface area (Å²) in [6.07, 6.45) is 0.542. The standard InChI is InChI=1S/C17H18ClN5O4S/c1-9(2)19-16(25)21-17-20-12-5-6-22(8-14(12)28-17)15(24)10-3-4-11(18)13(7-10)23(26)27/h3-4,7,9H,5-6,8H2,1-2H3,(H2,19,20,21,25). The van der Waals surface area contributed by atoms with E-state index in [4.69, 9.17) is 11.6 Å². The van der Waals surface area contributed by atoms with Crippen molar-refractivity contribution in [3.05, 3.63) is 49.5 Å². The van der Waals surface area contributed by atoms with Gasteiger partial charge in [-0.05, 0) is 26.0 Å². The highest BCUT2D eigenvalue weighted by molar-refractivity contribution is 7.15. The molecule has 148 valence electrons. The summed E-state index contributed by atoms with van der Waals surface area (Å²) in [7, 11) is 0. The number of nitro groups is 1. The molecule has 3 amide bonds. The van der Waals surface area contributed by atoms with Crippen LogP contribution < -0.4 is 10.6 Å². The number of hydrogen-bond donors (Lipinski definition) is 2. The lowest BCUT2D eigenvalue weighted by atomic mass is 10.1. The first-order chi connectivity index (χ1) is 13.2. The Balaban J connectivity index is 1.73. The van der Waals surface area contributed by atoms with Crippen molar-refractivity contribution < 1.29 is 14.5 Å². The van der Waals surface area contributed by atoms with E-state index in [2.05, 4.69) is 15.6 Å². The number of carbonyl (C=O) groups excluding carboxylic acids is 2. The van der Waals surface area contributed by atoms with Crippen LogP contribution in [0.25, 0.3) is 0 Å². The van der Waals surface area contributed by atoms with Crippen LogP contribution in [-0.2, 0) is 13.0 Å². The molecule has 0 atom stereocenters. The van der Waals surface area contributed by atoms with Gasteiger partial charge in [-0.15, -0.1) is 0 Å². The van der Waals surface area contributed by atoms with E-state index in [-0.39, 0.29) is 34.3 Å². The number of fused-ring (bicyclic) bond motifs is 1. The highest BCUT2D eigenvalue weighted by atomic mass is 35.5. The van der Waals surface area contributed by atoms with Crippen LogP contribution in [0, 0.1) is 10.1 Å². The average molecular weight is 424 g/mol. The van der Waals surface area contributed by atoms with Crippen molar-refractivity contribution in [2.24, 2.45) is 0 Å². The van der Waals surface area contributed by atoms with E-state index in [1.165, 1.54) is 29.5 Å². The highest BCUT2D eigenvalue weighted by Crippen LogP contribution is 2.30. The van der Waals surface area contributed by atoms with E-state index in [0.29, 0.717) is 24.6 Å². The van der Waals surface area contributed by atoms with Crippen LogP contribution in [0.3, 0.4) is 0 Å². The Morgan fingerprint density at radius 3 is 2.82 bits per heavy atom. The number of aromatic nitrogens is 1. The van der Waals surface area contributed by atoms with E-state index in [1.807, 2.05) is 13.8 Å². The summed E-state index contributed by atoms with van der Waals surface area (Å²) in [5.74, 6) is -0.314. The zero-order valence-electron chi connectivity index (χ0n) is 15.2. The maximum Gasteiger partial charge on any atom is 0.321 e. The maximum absolute atomic E-state index is 12.8. The highest BCUT2D eigenvalue weighted by Gasteiger charge is 2.26. The van der Waals surface area contributed by atoms with E-state index >= 15 is 0 Å². The summed E-state index contributed by atoms with van der Waals surface area (Å²) >= 11 is 7.12. The van der Waals surface area contributed by atoms with Crippen LogP contribution >= 0.6 is 22.9 Å². The molecule has 1 aliphatic rings. The number of amides is 3. The second kappa shape index (κ2) is 8.11. The molecular formula is C17H18ClN5O4S. The van der Waals surface area contributed by atoms with Gasteiger partial charge >= 0.3 is 6.03 Å². The van der Waals surface area contributed by atoms with Gasteiger partial charge in [0.2, 0.25) is 0 Å². The van der Waals surface area contributed by atoms with Gasteiger partial charge in [0, 0.05) is 35.5 Å². The van der Waals surface area contributed by atoms with Crippen molar-refractivity contribution in [1.82, 2.24) is 15.2 Å². The van der Waals surface area contributed by atoms with E-state index in [1.54, 1.807) is 4.90 Å². The van der Waals surface area contributed by atoms with Crippen molar-refractivity contribution in [3.63, 3.8) is 0 Å². The number of benzene rings is 1. The molecule has 0 unspecified atom stereocenters. The predicted octanol–water partition coefficient (Wildman–Crippen LogP) is 3.43. The Hall–Kier alpha value is -2.72. The number of nitro benzene ring substituents is 1. The van der Waals surface area contributed by atoms with Gasteiger partial charge in [-0.2, -0.15) is 0 Å². The minimum Gasteiger partial charge on any atom is -0.336 e. The third-order valence-electron chi connectivity index (χ3n) is 4.05. The summed E-state index contributed by atoms with van der Waals surface area (Å²) in [5, 5.41) is 16.9. The topological polar surface area (TPSA) is 117 Å². The van der Waals surface area contributed by atoms with Crippen molar-refractivity contribution in [2.45, 2.75) is 32.9 Å². The number of hydrogen-bond acceptors (Lipinski definition) is 6. The summed E-state index contributed by atoms with van der Waals surface area (Å²) in [4.78, 5) is 41.9. The van der Waals surface area contributed by atoms with E-state index in [9.17, 15) is 19.7 Å². The predicted molar refractivity (Wildman–Crippen MR) is 106 cm³/mol. The van der Waals surface area contributed by atoms with Gasteiger partial charge in [0.1, 0.15) is 5.02 Å². The minimum atomic E-state index is -0.614. The third kappa shape index (κ3) is 4.39. The van der Waals surface area contributed by atoms with E-state index in [0.717, 1.165) is 10.6 Å². The van der Waals surface area contributed by atoms with E-state index < -0.39 is 4.92 Å². The van der Waals surface area contributed by atoms with Gasteiger partial charge in [-0.3, -0.25) is 20.2 Å². The Morgan fingerprint density at radius 1 is 1.39 bits per heavy atom. The first-order valence-corrected chi connectivity index (χ1v) is 9.73. The second-order valence-corrected chi connectivity index (χ2v) is 8.03. The fourth-order valence-corrected chi connectivity index (χ4v) is 3.99. The lowest BCUT2D eigenvalue weighted by molar-refractivity contribution is -0.384. The van der Waals surface area contributed by atoms with Gasteiger partial charge in [-0.25, -0.2) is 9.78 Å². The van der Waals surface area contributed by atoms with Crippen LogP contribution in [0.15, 0.2) is 18.2 Å². The molecule has 9 nitrogen and oxygen atoms in total. The number of urea groups is 1.